The van der Waals surface area contributed by atoms with E-state index >= 15 is 0 Å². The number of benzene rings is 1. The van der Waals surface area contributed by atoms with Crippen LogP contribution in [0, 0.1) is 25.2 Å². The number of aromatic carboxylic acids is 1. The molecular weight excluding hydrogens is 288 g/mol. The molecule has 2 N–H and O–H groups in total. The zero-order chi connectivity index (χ0) is 15.6. The Hall–Kier alpha value is -2.65. The molecule has 0 saturated heterocycles. The van der Waals surface area contributed by atoms with Gasteiger partial charge >= 0.3 is 5.97 Å². The topological polar surface area (TPSA) is 90.2 Å². The number of nitrogens with zero attached hydrogens (tertiary/aromatic N) is 1. The van der Waals surface area contributed by atoms with Gasteiger partial charge in [-0.25, -0.2) is 4.79 Å². The van der Waals surface area contributed by atoms with Crippen molar-refractivity contribution >= 4 is 28.2 Å². The number of carboxylic acid groups (broad SMARTS) is 1. The fraction of sp³-hybridized carbons (Fsp3) is 0.133. The second-order valence-corrected chi connectivity index (χ2v) is 5.66. The second kappa shape index (κ2) is 5.77. The van der Waals surface area contributed by atoms with Gasteiger partial charge in [0.15, 0.2) is 0 Å². The molecule has 0 fully saturated rings. The normalized spacial score (nSPS) is 9.95. The molecular formula is C15H12N2O3S. The van der Waals surface area contributed by atoms with Crippen LogP contribution in [0.3, 0.4) is 0 Å². The standard InChI is InChI=1S/C15H12N2O3S/c1-8-9(2)21-14(12(8)15(19)20)17-13(18)11-5-3-10(7-16)4-6-11/h3-6H,1-2H3,(H,17,18)(H,19,20). The fourth-order valence-corrected chi connectivity index (χ4v) is 2.89. The van der Waals surface area contributed by atoms with Gasteiger partial charge in [0.25, 0.3) is 5.91 Å². The first-order valence-corrected chi connectivity index (χ1v) is 6.90. The van der Waals surface area contributed by atoms with Gasteiger partial charge in [0.2, 0.25) is 0 Å². The van der Waals surface area contributed by atoms with Gasteiger partial charge in [-0.2, -0.15) is 5.26 Å². The monoisotopic (exact) mass is 300 g/mol. The van der Waals surface area contributed by atoms with Gasteiger partial charge in [-0.15, -0.1) is 11.3 Å². The molecule has 0 spiro atoms. The predicted octanol–water partition coefficient (Wildman–Crippen LogP) is 3.19. The molecule has 2 aromatic rings. The van der Waals surface area contributed by atoms with E-state index in [1.54, 1.807) is 6.92 Å². The van der Waals surface area contributed by atoms with Crippen molar-refractivity contribution in [3.05, 3.63) is 51.4 Å². The quantitative estimate of drug-likeness (QED) is 0.910. The van der Waals surface area contributed by atoms with Crippen molar-refractivity contribution in [2.45, 2.75) is 13.8 Å². The third-order valence-electron chi connectivity index (χ3n) is 3.10. The fourth-order valence-electron chi connectivity index (χ4n) is 1.84. The van der Waals surface area contributed by atoms with Crippen molar-refractivity contribution in [3.8, 4) is 6.07 Å². The molecule has 1 heterocycles. The van der Waals surface area contributed by atoms with Crippen LogP contribution < -0.4 is 5.32 Å². The van der Waals surface area contributed by atoms with Crippen LogP contribution in [-0.4, -0.2) is 17.0 Å². The lowest BCUT2D eigenvalue weighted by Crippen LogP contribution is -2.13. The minimum Gasteiger partial charge on any atom is -0.478 e. The molecule has 2 rings (SSSR count). The van der Waals surface area contributed by atoms with Gasteiger partial charge in [-0.3, -0.25) is 4.79 Å². The van der Waals surface area contributed by atoms with Crippen LogP contribution >= 0.6 is 11.3 Å². The number of carbonyl (C=O) groups excluding carboxylic acids is 1. The first kappa shape index (κ1) is 14.8. The minimum atomic E-state index is -1.06. The van der Waals surface area contributed by atoms with Gasteiger partial charge in [0.05, 0.1) is 17.2 Å². The number of carbonyl (C=O) groups is 2. The van der Waals surface area contributed by atoms with Crippen molar-refractivity contribution in [3.63, 3.8) is 0 Å². The van der Waals surface area contributed by atoms with Crippen LogP contribution in [0.4, 0.5) is 5.00 Å². The summed E-state index contributed by atoms with van der Waals surface area (Å²) < 4.78 is 0. The Kier molecular flexibility index (Phi) is 4.05. The Bertz CT molecular complexity index is 754. The third-order valence-corrected chi connectivity index (χ3v) is 4.23. The molecule has 6 heteroatoms. The van der Waals surface area contributed by atoms with Gasteiger partial charge in [0, 0.05) is 10.4 Å². The number of rotatable bonds is 3. The van der Waals surface area contributed by atoms with Crippen molar-refractivity contribution in [2.75, 3.05) is 5.32 Å². The molecule has 5 nitrogen and oxygen atoms in total. The highest BCUT2D eigenvalue weighted by atomic mass is 32.1. The van der Waals surface area contributed by atoms with E-state index in [-0.39, 0.29) is 5.56 Å². The number of amides is 1. The summed E-state index contributed by atoms with van der Waals surface area (Å²) >= 11 is 1.23. The van der Waals surface area contributed by atoms with Crippen molar-refractivity contribution < 1.29 is 14.7 Å². The summed E-state index contributed by atoms with van der Waals surface area (Å²) in [4.78, 5) is 24.3. The lowest BCUT2D eigenvalue weighted by atomic mass is 10.1. The Balaban J connectivity index is 2.29. The first-order valence-electron chi connectivity index (χ1n) is 6.09. The average Bonchev–Trinajstić information content (AvgIpc) is 2.73. The largest absolute Gasteiger partial charge is 0.478 e. The number of hydrogen-bond acceptors (Lipinski definition) is 4. The number of anilines is 1. The van der Waals surface area contributed by atoms with Gasteiger partial charge in [-0.05, 0) is 43.7 Å². The summed E-state index contributed by atoms with van der Waals surface area (Å²) in [5, 5.41) is 20.9. The zero-order valence-corrected chi connectivity index (χ0v) is 12.2. The molecule has 0 unspecified atom stereocenters. The first-order chi connectivity index (χ1) is 9.93. The Morgan fingerprint density at radius 3 is 2.38 bits per heavy atom. The van der Waals surface area contributed by atoms with E-state index in [9.17, 15) is 14.7 Å². The lowest BCUT2D eigenvalue weighted by Gasteiger charge is -2.04. The molecule has 0 aliphatic carbocycles. The van der Waals surface area contributed by atoms with Crippen molar-refractivity contribution in [1.29, 1.82) is 5.26 Å². The maximum atomic E-state index is 12.1. The Morgan fingerprint density at radius 1 is 1.24 bits per heavy atom. The molecule has 0 saturated carbocycles. The van der Waals surface area contributed by atoms with Crippen molar-refractivity contribution in [2.24, 2.45) is 0 Å². The van der Waals surface area contributed by atoms with Crippen LogP contribution in [0.1, 0.15) is 36.7 Å². The summed E-state index contributed by atoms with van der Waals surface area (Å²) in [7, 11) is 0. The summed E-state index contributed by atoms with van der Waals surface area (Å²) in [6, 6.07) is 8.11. The van der Waals surface area contributed by atoms with Gasteiger partial charge < -0.3 is 10.4 Å². The van der Waals surface area contributed by atoms with Crippen molar-refractivity contribution in [1.82, 2.24) is 0 Å². The maximum absolute atomic E-state index is 12.1. The summed E-state index contributed by atoms with van der Waals surface area (Å²) in [5.74, 6) is -1.46. The van der Waals surface area contributed by atoms with Crippen LogP contribution in [0.2, 0.25) is 0 Å². The highest BCUT2D eigenvalue weighted by Crippen LogP contribution is 2.32. The summed E-state index contributed by atoms with van der Waals surface area (Å²) in [6.07, 6.45) is 0. The molecule has 0 radical (unpaired) electrons. The van der Waals surface area contributed by atoms with Crippen LogP contribution in [-0.2, 0) is 0 Å². The summed E-state index contributed by atoms with van der Waals surface area (Å²) in [5.41, 5.74) is 1.61. The number of hydrogen-bond donors (Lipinski definition) is 2. The molecule has 0 bridgehead atoms. The van der Waals surface area contributed by atoms with E-state index in [2.05, 4.69) is 5.32 Å². The smallest absolute Gasteiger partial charge is 0.338 e. The number of nitriles is 1. The maximum Gasteiger partial charge on any atom is 0.338 e. The number of thiophene rings is 1. The molecule has 0 aliphatic rings. The molecule has 1 amide bonds. The number of carboxylic acids is 1. The average molecular weight is 300 g/mol. The molecule has 0 atom stereocenters. The molecule has 0 aliphatic heterocycles. The highest BCUT2D eigenvalue weighted by Gasteiger charge is 2.20. The number of nitrogens with one attached hydrogen (secondary N) is 1. The van der Waals surface area contributed by atoms with E-state index in [0.29, 0.717) is 21.7 Å². The lowest BCUT2D eigenvalue weighted by molar-refractivity contribution is 0.0697. The molecule has 1 aromatic carbocycles. The third kappa shape index (κ3) is 2.93. The Labute approximate surface area is 125 Å². The van der Waals surface area contributed by atoms with E-state index in [1.807, 2.05) is 13.0 Å². The van der Waals surface area contributed by atoms with E-state index in [0.717, 1.165) is 4.88 Å². The minimum absolute atomic E-state index is 0.125. The Morgan fingerprint density at radius 2 is 1.86 bits per heavy atom. The van der Waals surface area contributed by atoms with E-state index in [4.69, 9.17) is 5.26 Å². The number of aryl methyl sites for hydroxylation is 1. The van der Waals surface area contributed by atoms with Crippen LogP contribution in [0.15, 0.2) is 24.3 Å². The van der Waals surface area contributed by atoms with Crippen LogP contribution in [0.5, 0.6) is 0 Å². The summed E-state index contributed by atoms with van der Waals surface area (Å²) in [6.45, 7) is 3.52. The molecule has 21 heavy (non-hydrogen) atoms. The molecule has 1 aromatic heterocycles. The SMILES string of the molecule is Cc1sc(NC(=O)c2ccc(C#N)cc2)c(C(=O)O)c1C. The highest BCUT2D eigenvalue weighted by molar-refractivity contribution is 7.16. The van der Waals surface area contributed by atoms with Gasteiger partial charge in [0.1, 0.15) is 5.00 Å². The molecule has 106 valence electrons. The zero-order valence-electron chi connectivity index (χ0n) is 11.4. The van der Waals surface area contributed by atoms with E-state index in [1.165, 1.54) is 35.6 Å². The van der Waals surface area contributed by atoms with Crippen LogP contribution in [0.25, 0.3) is 0 Å². The van der Waals surface area contributed by atoms with E-state index < -0.39 is 11.9 Å². The predicted molar refractivity (Wildman–Crippen MR) is 79.9 cm³/mol. The second-order valence-electron chi connectivity index (χ2n) is 4.44. The van der Waals surface area contributed by atoms with Gasteiger partial charge in [-0.1, -0.05) is 0 Å².